The predicted molar refractivity (Wildman–Crippen MR) is 97.5 cm³/mol. The Morgan fingerprint density at radius 2 is 2.04 bits per heavy atom. The summed E-state index contributed by atoms with van der Waals surface area (Å²) in [7, 11) is 0. The first-order chi connectivity index (χ1) is 11.6. The lowest BCUT2D eigenvalue weighted by Gasteiger charge is -2.07. The van der Waals surface area contributed by atoms with Gasteiger partial charge in [-0.3, -0.25) is 15.1 Å². The second-order valence-corrected chi connectivity index (χ2v) is 6.52. The Hall–Kier alpha value is -2.47. The van der Waals surface area contributed by atoms with Gasteiger partial charge in [-0.25, -0.2) is 4.98 Å². The van der Waals surface area contributed by atoms with Gasteiger partial charge in [0.1, 0.15) is 0 Å². The van der Waals surface area contributed by atoms with Crippen molar-refractivity contribution in [2.75, 3.05) is 5.32 Å². The van der Waals surface area contributed by atoms with Crippen LogP contribution < -0.4 is 5.32 Å². The number of hydrogen-bond donors (Lipinski definition) is 1. The number of carbonyl (C=O) groups excluding carboxylic acids is 1. The minimum atomic E-state index is -0.172. The maximum absolute atomic E-state index is 12.2. The van der Waals surface area contributed by atoms with Crippen molar-refractivity contribution in [2.24, 2.45) is 0 Å². The van der Waals surface area contributed by atoms with E-state index in [2.05, 4.69) is 46.7 Å². The highest BCUT2D eigenvalue weighted by atomic mass is 32.1. The van der Waals surface area contributed by atoms with Crippen molar-refractivity contribution in [3.05, 3.63) is 52.9 Å². The van der Waals surface area contributed by atoms with E-state index >= 15 is 0 Å². The van der Waals surface area contributed by atoms with E-state index in [-0.39, 0.29) is 5.91 Å². The van der Waals surface area contributed by atoms with Crippen LogP contribution in [0.1, 0.15) is 35.1 Å². The van der Waals surface area contributed by atoms with Crippen LogP contribution in [0, 0.1) is 13.8 Å². The van der Waals surface area contributed by atoms with E-state index in [9.17, 15) is 4.79 Å². The molecule has 3 rings (SSSR count). The molecule has 6 heteroatoms. The van der Waals surface area contributed by atoms with Gasteiger partial charge in [0.15, 0.2) is 5.13 Å². The van der Waals surface area contributed by atoms with Crippen molar-refractivity contribution in [3.63, 3.8) is 0 Å². The summed E-state index contributed by atoms with van der Waals surface area (Å²) in [4.78, 5) is 20.7. The number of pyridine rings is 1. The van der Waals surface area contributed by atoms with E-state index in [0.717, 1.165) is 24.2 Å². The molecular formula is C18H20N4OS. The Bertz CT molecular complexity index is 851. The molecule has 1 N–H and O–H groups in total. The van der Waals surface area contributed by atoms with Crippen LogP contribution in [0.2, 0.25) is 0 Å². The van der Waals surface area contributed by atoms with Gasteiger partial charge in [0.2, 0.25) is 0 Å². The smallest absolute Gasteiger partial charge is 0.257 e. The van der Waals surface area contributed by atoms with Crippen molar-refractivity contribution < 1.29 is 4.79 Å². The lowest BCUT2D eigenvalue weighted by Crippen LogP contribution is -2.11. The number of nitrogens with zero attached hydrogens (tertiary/aromatic N) is 3. The zero-order chi connectivity index (χ0) is 17.1. The van der Waals surface area contributed by atoms with Gasteiger partial charge < -0.3 is 4.57 Å². The zero-order valence-electron chi connectivity index (χ0n) is 14.0. The number of anilines is 1. The second-order valence-electron chi connectivity index (χ2n) is 5.66. The monoisotopic (exact) mass is 340 g/mol. The molecule has 3 heterocycles. The highest BCUT2D eigenvalue weighted by Gasteiger charge is 2.14. The molecule has 0 bridgehead atoms. The van der Waals surface area contributed by atoms with Crippen molar-refractivity contribution >= 4 is 22.4 Å². The fourth-order valence-electron chi connectivity index (χ4n) is 2.76. The lowest BCUT2D eigenvalue weighted by molar-refractivity contribution is 0.102. The fraction of sp³-hybridized carbons (Fsp3) is 0.278. The SMILES string of the molecule is CCCn1c(C)cc(-c2csc(NC(=O)c3ccncc3)n2)c1C. The summed E-state index contributed by atoms with van der Waals surface area (Å²) < 4.78 is 2.31. The highest BCUT2D eigenvalue weighted by molar-refractivity contribution is 7.14. The van der Waals surface area contributed by atoms with Gasteiger partial charge in [-0.1, -0.05) is 6.92 Å². The summed E-state index contributed by atoms with van der Waals surface area (Å²) in [6.07, 6.45) is 4.30. The Morgan fingerprint density at radius 3 is 2.75 bits per heavy atom. The normalized spacial score (nSPS) is 10.8. The van der Waals surface area contributed by atoms with E-state index in [1.54, 1.807) is 24.5 Å². The quantitative estimate of drug-likeness (QED) is 0.754. The Labute approximate surface area is 145 Å². The maximum atomic E-state index is 12.2. The lowest BCUT2D eigenvalue weighted by atomic mass is 10.2. The largest absolute Gasteiger partial charge is 0.348 e. The molecule has 0 aliphatic heterocycles. The van der Waals surface area contributed by atoms with E-state index < -0.39 is 0 Å². The molecule has 5 nitrogen and oxygen atoms in total. The number of thiazole rings is 1. The molecule has 24 heavy (non-hydrogen) atoms. The van der Waals surface area contributed by atoms with Crippen LogP contribution >= 0.6 is 11.3 Å². The van der Waals surface area contributed by atoms with Gasteiger partial charge in [0.25, 0.3) is 5.91 Å². The molecule has 0 saturated carbocycles. The number of aryl methyl sites for hydroxylation is 1. The van der Waals surface area contributed by atoms with Crippen molar-refractivity contribution in [1.82, 2.24) is 14.5 Å². The molecular weight excluding hydrogens is 320 g/mol. The fourth-order valence-corrected chi connectivity index (χ4v) is 3.46. The summed E-state index contributed by atoms with van der Waals surface area (Å²) in [5.41, 5.74) is 5.05. The van der Waals surface area contributed by atoms with Crippen LogP contribution in [-0.4, -0.2) is 20.4 Å². The zero-order valence-corrected chi connectivity index (χ0v) is 14.9. The Balaban J connectivity index is 1.81. The van der Waals surface area contributed by atoms with E-state index in [1.165, 1.54) is 22.7 Å². The van der Waals surface area contributed by atoms with Gasteiger partial charge in [-0.05, 0) is 38.5 Å². The van der Waals surface area contributed by atoms with Crippen LogP contribution in [0.3, 0.4) is 0 Å². The first-order valence-electron chi connectivity index (χ1n) is 7.94. The van der Waals surface area contributed by atoms with Crippen molar-refractivity contribution in [1.29, 1.82) is 0 Å². The third-order valence-electron chi connectivity index (χ3n) is 3.96. The first kappa shape index (κ1) is 16.4. The first-order valence-corrected chi connectivity index (χ1v) is 8.82. The molecule has 0 aliphatic carbocycles. The molecule has 0 aromatic carbocycles. The van der Waals surface area contributed by atoms with Gasteiger partial charge in [-0.15, -0.1) is 11.3 Å². The number of carbonyl (C=O) groups is 1. The summed E-state index contributed by atoms with van der Waals surface area (Å²) in [5, 5.41) is 5.44. The summed E-state index contributed by atoms with van der Waals surface area (Å²) in [6.45, 7) is 7.42. The molecule has 1 amide bonds. The van der Waals surface area contributed by atoms with Crippen LogP contribution in [0.5, 0.6) is 0 Å². The van der Waals surface area contributed by atoms with E-state index in [1.807, 2.05) is 5.38 Å². The van der Waals surface area contributed by atoms with Crippen LogP contribution in [0.4, 0.5) is 5.13 Å². The molecule has 3 aromatic rings. The summed E-state index contributed by atoms with van der Waals surface area (Å²) in [5.74, 6) is -0.172. The third kappa shape index (κ3) is 3.23. The molecule has 0 atom stereocenters. The standard InChI is InChI=1S/C18H20N4OS/c1-4-9-22-12(2)10-15(13(22)3)16-11-24-18(20-16)21-17(23)14-5-7-19-8-6-14/h5-8,10-11H,4,9H2,1-3H3,(H,20,21,23). The van der Waals surface area contributed by atoms with E-state index in [4.69, 9.17) is 0 Å². The van der Waals surface area contributed by atoms with Gasteiger partial charge >= 0.3 is 0 Å². The molecule has 0 fully saturated rings. The average molecular weight is 340 g/mol. The molecule has 0 aliphatic rings. The maximum Gasteiger partial charge on any atom is 0.257 e. The number of nitrogens with one attached hydrogen (secondary N) is 1. The number of hydrogen-bond acceptors (Lipinski definition) is 4. The summed E-state index contributed by atoms with van der Waals surface area (Å²) >= 11 is 1.44. The highest BCUT2D eigenvalue weighted by Crippen LogP contribution is 2.30. The molecule has 0 spiro atoms. The topological polar surface area (TPSA) is 59.8 Å². The second kappa shape index (κ2) is 6.97. The predicted octanol–water partition coefficient (Wildman–Crippen LogP) is 4.29. The molecule has 0 unspecified atom stereocenters. The molecule has 124 valence electrons. The number of rotatable bonds is 5. The minimum absolute atomic E-state index is 0.172. The third-order valence-corrected chi connectivity index (χ3v) is 4.72. The molecule has 0 saturated heterocycles. The minimum Gasteiger partial charge on any atom is -0.348 e. The van der Waals surface area contributed by atoms with Gasteiger partial charge in [-0.2, -0.15) is 0 Å². The van der Waals surface area contributed by atoms with Gasteiger partial charge in [0.05, 0.1) is 5.69 Å². The van der Waals surface area contributed by atoms with Crippen LogP contribution in [-0.2, 0) is 6.54 Å². The van der Waals surface area contributed by atoms with Gasteiger partial charge in [0, 0.05) is 46.8 Å². The Kier molecular flexibility index (Phi) is 4.76. The molecule has 0 radical (unpaired) electrons. The van der Waals surface area contributed by atoms with Crippen LogP contribution in [0.15, 0.2) is 36.0 Å². The molecule has 3 aromatic heterocycles. The van der Waals surface area contributed by atoms with E-state index in [0.29, 0.717) is 10.7 Å². The van der Waals surface area contributed by atoms with Crippen molar-refractivity contribution in [2.45, 2.75) is 33.7 Å². The number of amides is 1. The van der Waals surface area contributed by atoms with Crippen molar-refractivity contribution in [3.8, 4) is 11.3 Å². The number of aromatic nitrogens is 3. The van der Waals surface area contributed by atoms with Crippen LogP contribution in [0.25, 0.3) is 11.3 Å². The average Bonchev–Trinajstić information content (AvgIpc) is 3.15. The Morgan fingerprint density at radius 1 is 1.29 bits per heavy atom. The summed E-state index contributed by atoms with van der Waals surface area (Å²) in [6, 6.07) is 5.53.